The molecular weight excluding hydrogens is 444 g/mol. The Kier molecular flexibility index (Phi) is 6.53. The second-order valence-electron chi connectivity index (χ2n) is 7.17. The molecule has 0 amide bonds. The first-order valence-electron chi connectivity index (χ1n) is 10.2. The van der Waals surface area contributed by atoms with E-state index in [-0.39, 0.29) is 12.2 Å². The van der Waals surface area contributed by atoms with Gasteiger partial charge in [0.2, 0.25) is 0 Å². The Morgan fingerprint density at radius 2 is 1.88 bits per heavy atom. The van der Waals surface area contributed by atoms with Crippen LogP contribution >= 0.6 is 22.9 Å². The maximum Gasteiger partial charge on any atom is 0.338 e. The Hall–Kier alpha value is -3.22. The summed E-state index contributed by atoms with van der Waals surface area (Å²) in [5.74, 6) is -0.469. The highest BCUT2D eigenvalue weighted by Gasteiger charge is 2.30. The summed E-state index contributed by atoms with van der Waals surface area (Å²) < 4.78 is 7.37. The molecule has 1 aromatic heterocycles. The molecule has 7 heteroatoms. The Bertz CT molecular complexity index is 1380. The van der Waals surface area contributed by atoms with E-state index in [0.717, 1.165) is 11.1 Å². The summed E-state index contributed by atoms with van der Waals surface area (Å²) in [5, 5.41) is 0.629. The molecule has 1 unspecified atom stereocenters. The van der Waals surface area contributed by atoms with Crippen LogP contribution in [0.15, 0.2) is 81.7 Å². The summed E-state index contributed by atoms with van der Waals surface area (Å²) in [4.78, 5) is 31.3. The highest BCUT2D eigenvalue weighted by atomic mass is 35.5. The van der Waals surface area contributed by atoms with Gasteiger partial charge in [0.25, 0.3) is 5.56 Å². The zero-order valence-corrected chi connectivity index (χ0v) is 19.2. The van der Waals surface area contributed by atoms with Crippen LogP contribution in [0.4, 0.5) is 0 Å². The minimum absolute atomic E-state index is 0.208. The molecule has 0 bridgehead atoms. The van der Waals surface area contributed by atoms with Crippen LogP contribution in [0.3, 0.4) is 0 Å². The third-order valence-corrected chi connectivity index (χ3v) is 6.23. The first-order chi connectivity index (χ1) is 15.5. The van der Waals surface area contributed by atoms with Gasteiger partial charge < -0.3 is 4.74 Å². The van der Waals surface area contributed by atoms with Crippen molar-refractivity contribution in [3.8, 4) is 0 Å². The Labute approximate surface area is 194 Å². The van der Waals surface area contributed by atoms with E-state index in [0.29, 0.717) is 25.6 Å². The van der Waals surface area contributed by atoms with Crippen molar-refractivity contribution in [1.29, 1.82) is 0 Å². The molecule has 32 heavy (non-hydrogen) atoms. The van der Waals surface area contributed by atoms with Crippen molar-refractivity contribution < 1.29 is 9.53 Å². The summed E-state index contributed by atoms with van der Waals surface area (Å²) in [7, 11) is 0. The molecule has 1 atom stereocenters. The molecular formula is C25H21ClN2O3S. The molecule has 0 saturated carbocycles. The SMILES string of the molecule is CCOC(=O)C1=C(C)N=c2s/c(=C/c3ccc(Cl)cc3)c(=O)n2C1/C=C/c1ccccc1. The largest absolute Gasteiger partial charge is 0.463 e. The fraction of sp³-hybridized carbons (Fsp3) is 0.160. The molecule has 3 aromatic rings. The number of ether oxygens (including phenoxy) is 1. The molecule has 162 valence electrons. The van der Waals surface area contributed by atoms with Crippen LogP contribution in [-0.2, 0) is 9.53 Å². The number of carbonyl (C=O) groups excluding carboxylic acids is 1. The van der Waals surface area contributed by atoms with E-state index in [1.165, 1.54) is 11.3 Å². The van der Waals surface area contributed by atoms with Gasteiger partial charge in [-0.25, -0.2) is 9.79 Å². The third kappa shape index (κ3) is 4.52. The summed E-state index contributed by atoms with van der Waals surface area (Å²) in [6.45, 7) is 3.77. The molecule has 0 N–H and O–H groups in total. The van der Waals surface area contributed by atoms with Crippen LogP contribution < -0.4 is 14.9 Å². The van der Waals surface area contributed by atoms with Gasteiger partial charge in [0.05, 0.1) is 28.5 Å². The van der Waals surface area contributed by atoms with Gasteiger partial charge in [0, 0.05) is 5.02 Å². The number of aromatic nitrogens is 1. The number of nitrogens with zero attached hydrogens (tertiary/aromatic N) is 2. The van der Waals surface area contributed by atoms with Gasteiger partial charge in [-0.3, -0.25) is 9.36 Å². The Balaban J connectivity index is 1.87. The molecule has 2 heterocycles. The van der Waals surface area contributed by atoms with E-state index in [1.807, 2.05) is 60.7 Å². The summed E-state index contributed by atoms with van der Waals surface area (Å²) >= 11 is 7.26. The molecule has 1 aliphatic heterocycles. The van der Waals surface area contributed by atoms with E-state index in [4.69, 9.17) is 16.3 Å². The molecule has 0 aliphatic carbocycles. The highest BCUT2D eigenvalue weighted by Crippen LogP contribution is 2.26. The maximum atomic E-state index is 13.4. The fourth-order valence-electron chi connectivity index (χ4n) is 3.49. The van der Waals surface area contributed by atoms with Gasteiger partial charge >= 0.3 is 5.97 Å². The number of fused-ring (bicyclic) bond motifs is 1. The Morgan fingerprint density at radius 3 is 2.56 bits per heavy atom. The van der Waals surface area contributed by atoms with Crippen molar-refractivity contribution in [2.45, 2.75) is 19.9 Å². The fourth-order valence-corrected chi connectivity index (χ4v) is 4.67. The number of rotatable bonds is 5. The lowest BCUT2D eigenvalue weighted by Crippen LogP contribution is -2.38. The average molecular weight is 465 g/mol. The minimum Gasteiger partial charge on any atom is -0.463 e. The van der Waals surface area contributed by atoms with Crippen LogP contribution in [0.1, 0.15) is 31.0 Å². The quantitative estimate of drug-likeness (QED) is 0.534. The van der Waals surface area contributed by atoms with Crippen LogP contribution in [0, 0.1) is 0 Å². The predicted molar refractivity (Wildman–Crippen MR) is 128 cm³/mol. The number of thiazole rings is 1. The van der Waals surface area contributed by atoms with Crippen molar-refractivity contribution in [2.75, 3.05) is 6.61 Å². The second-order valence-corrected chi connectivity index (χ2v) is 8.61. The summed E-state index contributed by atoms with van der Waals surface area (Å²) in [6.07, 6.45) is 5.56. The van der Waals surface area contributed by atoms with E-state index >= 15 is 0 Å². The van der Waals surface area contributed by atoms with Gasteiger partial charge in [-0.2, -0.15) is 0 Å². The van der Waals surface area contributed by atoms with Gasteiger partial charge in [-0.1, -0.05) is 77.6 Å². The molecule has 0 saturated heterocycles. The van der Waals surface area contributed by atoms with E-state index < -0.39 is 12.0 Å². The van der Waals surface area contributed by atoms with Gasteiger partial charge in [-0.05, 0) is 43.2 Å². The first-order valence-corrected chi connectivity index (χ1v) is 11.4. The van der Waals surface area contributed by atoms with Crippen molar-refractivity contribution >= 4 is 41.1 Å². The molecule has 5 nitrogen and oxygen atoms in total. The smallest absolute Gasteiger partial charge is 0.338 e. The van der Waals surface area contributed by atoms with Gasteiger partial charge in [-0.15, -0.1) is 0 Å². The first kappa shape index (κ1) is 22.0. The normalized spacial score (nSPS) is 16.2. The number of benzene rings is 2. The van der Waals surface area contributed by atoms with Gasteiger partial charge in [0.1, 0.15) is 0 Å². The molecule has 0 fully saturated rings. The van der Waals surface area contributed by atoms with Crippen molar-refractivity contribution in [3.63, 3.8) is 0 Å². The van der Waals surface area contributed by atoms with Crippen molar-refractivity contribution in [1.82, 2.24) is 4.57 Å². The summed E-state index contributed by atoms with van der Waals surface area (Å²) in [5.41, 5.74) is 2.53. The van der Waals surface area contributed by atoms with Crippen LogP contribution in [-0.4, -0.2) is 17.1 Å². The number of carbonyl (C=O) groups is 1. The van der Waals surface area contributed by atoms with E-state index in [2.05, 4.69) is 4.99 Å². The lowest BCUT2D eigenvalue weighted by molar-refractivity contribution is -0.139. The van der Waals surface area contributed by atoms with Gasteiger partial charge in [0.15, 0.2) is 4.80 Å². The molecule has 0 spiro atoms. The average Bonchev–Trinajstić information content (AvgIpc) is 3.09. The summed E-state index contributed by atoms with van der Waals surface area (Å²) in [6, 6.07) is 16.4. The molecule has 0 radical (unpaired) electrons. The molecule has 1 aliphatic rings. The highest BCUT2D eigenvalue weighted by molar-refractivity contribution is 7.07. The Morgan fingerprint density at radius 1 is 1.16 bits per heavy atom. The zero-order valence-electron chi connectivity index (χ0n) is 17.6. The topological polar surface area (TPSA) is 60.7 Å². The maximum absolute atomic E-state index is 13.4. The van der Waals surface area contributed by atoms with E-state index in [1.54, 1.807) is 30.5 Å². The lowest BCUT2D eigenvalue weighted by Gasteiger charge is -2.21. The van der Waals surface area contributed by atoms with E-state index in [9.17, 15) is 9.59 Å². The van der Waals surface area contributed by atoms with Crippen LogP contribution in [0.5, 0.6) is 0 Å². The minimum atomic E-state index is -0.613. The number of halogens is 1. The zero-order chi connectivity index (χ0) is 22.7. The third-order valence-electron chi connectivity index (χ3n) is 5.00. The monoisotopic (exact) mass is 464 g/mol. The second kappa shape index (κ2) is 9.51. The lowest BCUT2D eigenvalue weighted by atomic mass is 10.0. The predicted octanol–water partition coefficient (Wildman–Crippen LogP) is 4.12. The van der Waals surface area contributed by atoms with Crippen LogP contribution in [0.25, 0.3) is 12.2 Å². The number of allylic oxidation sites excluding steroid dienone is 2. The van der Waals surface area contributed by atoms with Crippen LogP contribution in [0.2, 0.25) is 5.02 Å². The number of hydrogen-bond acceptors (Lipinski definition) is 5. The number of hydrogen-bond donors (Lipinski definition) is 0. The molecule has 2 aromatic carbocycles. The molecule has 4 rings (SSSR count). The standard InChI is InChI=1S/C25H21ClN2O3S/c1-3-31-24(30)22-16(2)27-25-28(20(22)14-11-17-7-5-4-6-8-17)23(29)21(32-25)15-18-9-12-19(26)13-10-18/h4-15,20H,3H2,1-2H3/b14-11+,21-15+. The van der Waals surface area contributed by atoms with Crippen molar-refractivity contribution in [2.24, 2.45) is 4.99 Å². The van der Waals surface area contributed by atoms with Crippen molar-refractivity contribution in [3.05, 3.63) is 108 Å². The number of esters is 1.